The number of benzene rings is 2. The van der Waals surface area contributed by atoms with E-state index in [1.54, 1.807) is 38.1 Å². The highest BCUT2D eigenvalue weighted by Crippen LogP contribution is 2.19. The summed E-state index contributed by atoms with van der Waals surface area (Å²) in [6.45, 7) is 3.53. The molecule has 0 unspecified atom stereocenters. The van der Waals surface area contributed by atoms with Crippen LogP contribution in [0.2, 0.25) is 0 Å². The zero-order valence-corrected chi connectivity index (χ0v) is 15.7. The number of rotatable bonds is 6. The molecule has 0 fully saturated rings. The van der Waals surface area contributed by atoms with Gasteiger partial charge in [-0.3, -0.25) is 4.79 Å². The smallest absolute Gasteiger partial charge is 0.301 e. The van der Waals surface area contributed by atoms with Crippen molar-refractivity contribution in [2.24, 2.45) is 0 Å². The van der Waals surface area contributed by atoms with Gasteiger partial charge in [-0.25, -0.2) is 13.1 Å². The zero-order valence-electron chi connectivity index (χ0n) is 14.9. The summed E-state index contributed by atoms with van der Waals surface area (Å²) in [4.78, 5) is 12.5. The second-order valence-corrected chi connectivity index (χ2v) is 7.73. The maximum absolute atomic E-state index is 12.6. The van der Waals surface area contributed by atoms with Gasteiger partial charge in [-0.15, -0.1) is 0 Å². The molecule has 2 aromatic carbocycles. The van der Waals surface area contributed by atoms with Crippen LogP contribution in [-0.2, 0) is 16.6 Å². The van der Waals surface area contributed by atoms with Crippen LogP contribution in [0, 0.1) is 13.8 Å². The lowest BCUT2D eigenvalue weighted by Crippen LogP contribution is -2.31. The summed E-state index contributed by atoms with van der Waals surface area (Å²) in [5.74, 6) is -0.305. The Balaban J connectivity index is 1.77. The van der Waals surface area contributed by atoms with E-state index >= 15 is 0 Å². The Labute approximate surface area is 157 Å². The second-order valence-electron chi connectivity index (χ2n) is 6.08. The number of para-hydroxylation sites is 1. The topological polar surface area (TPSA) is 85.6 Å². The van der Waals surface area contributed by atoms with Crippen LogP contribution in [0.15, 0.2) is 70.2 Å². The van der Waals surface area contributed by atoms with Gasteiger partial charge in [0.25, 0.3) is 10.0 Å². The highest BCUT2D eigenvalue weighted by molar-refractivity contribution is 7.90. The van der Waals surface area contributed by atoms with E-state index in [9.17, 15) is 13.2 Å². The molecule has 140 valence electrons. The molecule has 0 saturated heterocycles. The van der Waals surface area contributed by atoms with Crippen molar-refractivity contribution in [3.63, 3.8) is 0 Å². The summed E-state index contributed by atoms with van der Waals surface area (Å²) in [5, 5.41) is 0. The number of carbonyl (C=O) groups is 1. The number of furan rings is 1. The van der Waals surface area contributed by atoms with E-state index in [0.717, 1.165) is 5.56 Å². The van der Waals surface area contributed by atoms with E-state index in [1.807, 2.05) is 24.3 Å². The molecular weight excluding hydrogens is 366 g/mol. The van der Waals surface area contributed by atoms with E-state index in [0.29, 0.717) is 16.9 Å². The summed E-state index contributed by atoms with van der Waals surface area (Å²) in [6.07, 6.45) is 1.32. The number of nitrogens with one attached hydrogen (secondary N) is 1. The minimum Gasteiger partial charge on any atom is -0.489 e. The molecule has 27 heavy (non-hydrogen) atoms. The van der Waals surface area contributed by atoms with Gasteiger partial charge >= 0.3 is 5.91 Å². The molecule has 1 aromatic heterocycles. The second kappa shape index (κ2) is 7.67. The van der Waals surface area contributed by atoms with Gasteiger partial charge in [0, 0.05) is 5.56 Å². The maximum atomic E-state index is 12.6. The zero-order chi connectivity index (χ0) is 19.4. The SMILES string of the molecule is Cc1ccc(C)c(S(=O)(=O)NC(=O)c2occc2COc2ccccc2)c1. The minimum absolute atomic E-state index is 0.0597. The van der Waals surface area contributed by atoms with Crippen molar-refractivity contribution in [1.82, 2.24) is 4.72 Å². The van der Waals surface area contributed by atoms with Gasteiger partial charge in [0.05, 0.1) is 11.2 Å². The predicted molar refractivity (Wildman–Crippen MR) is 100 cm³/mol. The van der Waals surface area contributed by atoms with E-state index in [-0.39, 0.29) is 17.3 Å². The lowest BCUT2D eigenvalue weighted by molar-refractivity contribution is 0.0951. The normalized spacial score (nSPS) is 11.2. The minimum atomic E-state index is -4.02. The molecule has 0 spiro atoms. The Morgan fingerprint density at radius 3 is 2.56 bits per heavy atom. The lowest BCUT2D eigenvalue weighted by atomic mass is 10.2. The first-order valence-electron chi connectivity index (χ1n) is 8.25. The lowest BCUT2D eigenvalue weighted by Gasteiger charge is -2.10. The number of aryl methyl sites for hydroxylation is 2. The third kappa shape index (κ3) is 4.38. The molecule has 3 rings (SSSR count). The molecule has 0 bridgehead atoms. The average molecular weight is 385 g/mol. The van der Waals surface area contributed by atoms with Crippen LogP contribution in [0.4, 0.5) is 0 Å². The molecule has 0 radical (unpaired) electrons. The molecule has 0 aliphatic rings. The van der Waals surface area contributed by atoms with Gasteiger partial charge in [0.1, 0.15) is 12.4 Å². The number of hydrogen-bond donors (Lipinski definition) is 1. The third-order valence-electron chi connectivity index (χ3n) is 3.95. The van der Waals surface area contributed by atoms with Crippen molar-refractivity contribution in [1.29, 1.82) is 0 Å². The number of ether oxygens (including phenoxy) is 1. The highest BCUT2D eigenvalue weighted by atomic mass is 32.2. The first-order valence-corrected chi connectivity index (χ1v) is 9.74. The van der Waals surface area contributed by atoms with Crippen molar-refractivity contribution in [3.8, 4) is 5.75 Å². The molecule has 3 aromatic rings. The van der Waals surface area contributed by atoms with Crippen LogP contribution in [0.3, 0.4) is 0 Å². The number of hydrogen-bond acceptors (Lipinski definition) is 5. The average Bonchev–Trinajstić information content (AvgIpc) is 3.11. The van der Waals surface area contributed by atoms with Crippen molar-refractivity contribution in [3.05, 3.63) is 83.3 Å². The number of amides is 1. The quantitative estimate of drug-likeness (QED) is 0.701. The standard InChI is InChI=1S/C20H19NO5S/c1-14-8-9-15(2)18(12-14)27(23,24)21-20(22)19-16(10-11-25-19)13-26-17-6-4-3-5-7-17/h3-12H,13H2,1-2H3,(H,21,22). The fourth-order valence-electron chi connectivity index (χ4n) is 2.55. The van der Waals surface area contributed by atoms with Crippen LogP contribution in [0.1, 0.15) is 27.2 Å². The Morgan fingerprint density at radius 1 is 1.07 bits per heavy atom. The molecule has 0 aliphatic heterocycles. The van der Waals surface area contributed by atoms with Crippen LogP contribution in [0.5, 0.6) is 5.75 Å². The summed E-state index contributed by atoms with van der Waals surface area (Å²) >= 11 is 0. The van der Waals surface area contributed by atoms with Gasteiger partial charge in [-0.1, -0.05) is 30.3 Å². The van der Waals surface area contributed by atoms with Crippen molar-refractivity contribution >= 4 is 15.9 Å². The van der Waals surface area contributed by atoms with Crippen LogP contribution < -0.4 is 9.46 Å². The van der Waals surface area contributed by atoms with Gasteiger partial charge < -0.3 is 9.15 Å². The molecule has 0 aliphatic carbocycles. The molecule has 1 amide bonds. The third-order valence-corrected chi connectivity index (χ3v) is 5.42. The van der Waals surface area contributed by atoms with Gasteiger partial charge in [0.2, 0.25) is 0 Å². The molecule has 6 nitrogen and oxygen atoms in total. The summed E-state index contributed by atoms with van der Waals surface area (Å²) in [5.41, 5.74) is 1.78. The van der Waals surface area contributed by atoms with E-state index < -0.39 is 15.9 Å². The van der Waals surface area contributed by atoms with Gasteiger partial charge in [-0.2, -0.15) is 0 Å². The Hall–Kier alpha value is -3.06. The Bertz CT molecular complexity index is 1050. The summed E-state index contributed by atoms with van der Waals surface area (Å²) in [6, 6.07) is 15.7. The number of carbonyl (C=O) groups excluding carboxylic acids is 1. The molecule has 0 saturated carbocycles. The summed E-state index contributed by atoms with van der Waals surface area (Å²) in [7, 11) is -4.02. The largest absolute Gasteiger partial charge is 0.489 e. The Kier molecular flexibility index (Phi) is 5.32. The highest BCUT2D eigenvalue weighted by Gasteiger charge is 2.24. The first-order chi connectivity index (χ1) is 12.9. The molecule has 0 atom stereocenters. The number of sulfonamides is 1. The molecule has 1 heterocycles. The van der Waals surface area contributed by atoms with Crippen LogP contribution in [0.25, 0.3) is 0 Å². The van der Waals surface area contributed by atoms with Gasteiger partial charge in [-0.05, 0) is 49.2 Å². The fourth-order valence-corrected chi connectivity index (χ4v) is 3.83. The van der Waals surface area contributed by atoms with Crippen molar-refractivity contribution < 1.29 is 22.4 Å². The Morgan fingerprint density at radius 2 is 1.81 bits per heavy atom. The van der Waals surface area contributed by atoms with E-state index in [2.05, 4.69) is 4.72 Å². The van der Waals surface area contributed by atoms with Crippen LogP contribution >= 0.6 is 0 Å². The van der Waals surface area contributed by atoms with E-state index in [1.165, 1.54) is 12.3 Å². The predicted octanol–water partition coefficient (Wildman–Crippen LogP) is 3.59. The summed E-state index contributed by atoms with van der Waals surface area (Å²) < 4.78 is 38.1. The van der Waals surface area contributed by atoms with Crippen molar-refractivity contribution in [2.45, 2.75) is 25.3 Å². The van der Waals surface area contributed by atoms with Gasteiger partial charge in [0.15, 0.2) is 5.76 Å². The molecular formula is C20H19NO5S. The van der Waals surface area contributed by atoms with Crippen LogP contribution in [-0.4, -0.2) is 14.3 Å². The van der Waals surface area contributed by atoms with Crippen molar-refractivity contribution in [2.75, 3.05) is 0 Å². The molecule has 7 heteroatoms. The fraction of sp³-hybridized carbons (Fsp3) is 0.150. The first kappa shape index (κ1) is 18.7. The molecule has 1 N–H and O–H groups in total. The monoisotopic (exact) mass is 385 g/mol. The maximum Gasteiger partial charge on any atom is 0.301 e. The van der Waals surface area contributed by atoms with E-state index in [4.69, 9.17) is 9.15 Å².